The maximum Gasteiger partial charge on any atom is 0.242 e. The summed E-state index contributed by atoms with van der Waals surface area (Å²) in [6.07, 6.45) is 0.617. The third kappa shape index (κ3) is 7.27. The van der Waals surface area contributed by atoms with Gasteiger partial charge in [0.25, 0.3) is 0 Å². The topological polar surface area (TPSA) is 84.2 Å². The predicted molar refractivity (Wildman–Crippen MR) is 72.9 cm³/mol. The Hall–Kier alpha value is -1.10. The molecule has 5 nitrogen and oxygen atoms in total. The summed E-state index contributed by atoms with van der Waals surface area (Å²) in [6, 6.07) is -1.10. The largest absolute Gasteiger partial charge is 0.354 e. The Morgan fingerprint density at radius 3 is 2.00 bits per heavy atom. The Morgan fingerprint density at radius 1 is 1.00 bits per heavy atom. The Morgan fingerprint density at radius 2 is 1.56 bits per heavy atom. The summed E-state index contributed by atoms with van der Waals surface area (Å²) < 4.78 is 0. The number of carbonyl (C=O) groups is 2. The molecule has 106 valence electrons. The molecule has 2 atom stereocenters. The van der Waals surface area contributed by atoms with Crippen molar-refractivity contribution in [3.8, 4) is 0 Å². The monoisotopic (exact) mass is 257 g/mol. The molecule has 0 saturated carbocycles. The molecule has 0 spiro atoms. The molecule has 0 aromatic heterocycles. The normalized spacial score (nSPS) is 14.4. The number of carbonyl (C=O) groups excluding carboxylic acids is 2. The number of nitrogens with two attached hydrogens (primary N) is 1. The maximum atomic E-state index is 11.7. The van der Waals surface area contributed by atoms with E-state index >= 15 is 0 Å². The van der Waals surface area contributed by atoms with Gasteiger partial charge in [0.05, 0.1) is 6.04 Å². The quantitative estimate of drug-likeness (QED) is 0.625. The summed E-state index contributed by atoms with van der Waals surface area (Å²) >= 11 is 0. The number of hydrogen-bond donors (Lipinski definition) is 3. The van der Waals surface area contributed by atoms with E-state index in [9.17, 15) is 9.59 Å². The van der Waals surface area contributed by atoms with E-state index < -0.39 is 12.1 Å². The molecule has 0 aliphatic carbocycles. The zero-order valence-electron chi connectivity index (χ0n) is 12.1. The van der Waals surface area contributed by atoms with Crippen LogP contribution < -0.4 is 16.4 Å². The van der Waals surface area contributed by atoms with Crippen LogP contribution in [0.1, 0.15) is 41.0 Å². The van der Waals surface area contributed by atoms with Gasteiger partial charge in [-0.15, -0.1) is 0 Å². The summed E-state index contributed by atoms with van der Waals surface area (Å²) in [7, 11) is 0. The van der Waals surface area contributed by atoms with E-state index in [1.54, 1.807) is 6.92 Å². The van der Waals surface area contributed by atoms with E-state index in [1.165, 1.54) is 0 Å². The van der Waals surface area contributed by atoms with Gasteiger partial charge in [-0.1, -0.05) is 27.7 Å². The minimum Gasteiger partial charge on any atom is -0.354 e. The third-order valence-corrected chi connectivity index (χ3v) is 2.50. The van der Waals surface area contributed by atoms with Gasteiger partial charge >= 0.3 is 0 Å². The fourth-order valence-electron chi connectivity index (χ4n) is 1.46. The molecule has 2 amide bonds. The maximum absolute atomic E-state index is 11.7. The Bertz CT molecular complexity index is 277. The molecule has 0 heterocycles. The lowest BCUT2D eigenvalue weighted by atomic mass is 10.0. The van der Waals surface area contributed by atoms with E-state index in [0.717, 1.165) is 0 Å². The van der Waals surface area contributed by atoms with Crippen LogP contribution >= 0.6 is 0 Å². The van der Waals surface area contributed by atoms with Crippen LogP contribution in [0.2, 0.25) is 0 Å². The number of amides is 2. The molecule has 2 unspecified atom stereocenters. The summed E-state index contributed by atoms with van der Waals surface area (Å²) in [5, 5.41) is 5.40. The molecule has 0 fully saturated rings. The lowest BCUT2D eigenvalue weighted by molar-refractivity contribution is -0.129. The SMILES string of the molecule is CC(C)CNC(=O)C(C)NC(=O)C(N)CC(C)C. The molecule has 0 aliphatic rings. The van der Waals surface area contributed by atoms with Crippen molar-refractivity contribution < 1.29 is 9.59 Å². The average Bonchev–Trinajstić information content (AvgIpc) is 2.24. The number of hydrogen-bond acceptors (Lipinski definition) is 3. The summed E-state index contributed by atoms with van der Waals surface area (Å²) in [6.45, 7) is 10.3. The van der Waals surface area contributed by atoms with Crippen molar-refractivity contribution in [1.82, 2.24) is 10.6 Å². The van der Waals surface area contributed by atoms with Gasteiger partial charge in [-0.3, -0.25) is 9.59 Å². The average molecular weight is 257 g/mol. The van der Waals surface area contributed by atoms with Gasteiger partial charge in [0.15, 0.2) is 0 Å². The Balaban J connectivity index is 4.09. The molecule has 0 rings (SSSR count). The van der Waals surface area contributed by atoms with Crippen LogP contribution in [-0.2, 0) is 9.59 Å². The van der Waals surface area contributed by atoms with Gasteiger partial charge < -0.3 is 16.4 Å². The van der Waals surface area contributed by atoms with Crippen LogP contribution in [0.15, 0.2) is 0 Å². The first kappa shape index (κ1) is 16.9. The fraction of sp³-hybridized carbons (Fsp3) is 0.846. The first-order chi connectivity index (χ1) is 8.23. The fourth-order valence-corrected chi connectivity index (χ4v) is 1.46. The molecular formula is C13H27N3O2. The van der Waals surface area contributed by atoms with E-state index in [1.807, 2.05) is 27.7 Å². The van der Waals surface area contributed by atoms with Crippen LogP contribution in [0.5, 0.6) is 0 Å². The molecule has 5 heteroatoms. The molecule has 0 aliphatic heterocycles. The zero-order valence-corrected chi connectivity index (χ0v) is 12.1. The second-order valence-corrected chi connectivity index (χ2v) is 5.61. The second-order valence-electron chi connectivity index (χ2n) is 5.61. The number of nitrogens with one attached hydrogen (secondary N) is 2. The molecule has 0 saturated heterocycles. The molecular weight excluding hydrogens is 230 g/mol. The van der Waals surface area contributed by atoms with Crippen LogP contribution in [0, 0.1) is 11.8 Å². The summed E-state index contributed by atoms with van der Waals surface area (Å²) in [5.41, 5.74) is 5.75. The second kappa shape index (κ2) is 8.08. The third-order valence-electron chi connectivity index (χ3n) is 2.50. The van der Waals surface area contributed by atoms with Gasteiger partial charge in [0.2, 0.25) is 11.8 Å². The van der Waals surface area contributed by atoms with E-state index in [-0.39, 0.29) is 11.8 Å². The van der Waals surface area contributed by atoms with Crippen LogP contribution in [0.4, 0.5) is 0 Å². The van der Waals surface area contributed by atoms with Crippen LogP contribution in [0.3, 0.4) is 0 Å². The molecule has 0 bridgehead atoms. The number of rotatable bonds is 7. The first-order valence-electron chi connectivity index (χ1n) is 6.57. The van der Waals surface area contributed by atoms with E-state index in [4.69, 9.17) is 5.73 Å². The predicted octanol–water partition coefficient (Wildman–Crippen LogP) is 0.637. The van der Waals surface area contributed by atoms with Crippen LogP contribution in [-0.4, -0.2) is 30.4 Å². The molecule has 0 aromatic rings. The highest BCUT2D eigenvalue weighted by Crippen LogP contribution is 2.02. The van der Waals surface area contributed by atoms with Crippen molar-refractivity contribution in [2.75, 3.05) is 6.54 Å². The van der Waals surface area contributed by atoms with Crippen molar-refractivity contribution in [2.45, 2.75) is 53.1 Å². The molecule has 18 heavy (non-hydrogen) atoms. The van der Waals surface area contributed by atoms with Crippen molar-refractivity contribution in [1.29, 1.82) is 0 Å². The van der Waals surface area contributed by atoms with Gasteiger partial charge in [-0.25, -0.2) is 0 Å². The molecule has 0 radical (unpaired) electrons. The lowest BCUT2D eigenvalue weighted by Crippen LogP contribution is -2.50. The molecule has 0 aromatic carbocycles. The highest BCUT2D eigenvalue weighted by atomic mass is 16.2. The summed E-state index contributed by atoms with van der Waals surface area (Å²) in [4.78, 5) is 23.4. The minimum atomic E-state index is -0.551. The lowest BCUT2D eigenvalue weighted by Gasteiger charge is -2.18. The zero-order chi connectivity index (χ0) is 14.3. The van der Waals surface area contributed by atoms with E-state index in [2.05, 4.69) is 10.6 Å². The van der Waals surface area contributed by atoms with Crippen LogP contribution in [0.25, 0.3) is 0 Å². The van der Waals surface area contributed by atoms with Gasteiger partial charge in [0, 0.05) is 6.54 Å². The highest BCUT2D eigenvalue weighted by Gasteiger charge is 2.20. The first-order valence-corrected chi connectivity index (χ1v) is 6.57. The van der Waals surface area contributed by atoms with Gasteiger partial charge in [-0.05, 0) is 25.2 Å². The van der Waals surface area contributed by atoms with Crippen molar-refractivity contribution in [3.63, 3.8) is 0 Å². The van der Waals surface area contributed by atoms with Crippen molar-refractivity contribution in [3.05, 3.63) is 0 Å². The van der Waals surface area contributed by atoms with E-state index in [0.29, 0.717) is 24.8 Å². The summed E-state index contributed by atoms with van der Waals surface area (Å²) in [5.74, 6) is 0.306. The standard InChI is InChI=1S/C13H27N3O2/c1-8(2)6-11(14)13(18)16-10(5)12(17)15-7-9(3)4/h8-11H,6-7,14H2,1-5H3,(H,15,17)(H,16,18). The van der Waals surface area contributed by atoms with Gasteiger partial charge in [-0.2, -0.15) is 0 Å². The van der Waals surface area contributed by atoms with Crippen molar-refractivity contribution in [2.24, 2.45) is 17.6 Å². The minimum absolute atomic E-state index is 0.172. The van der Waals surface area contributed by atoms with Gasteiger partial charge in [0.1, 0.15) is 6.04 Å². The molecule has 4 N–H and O–H groups in total. The van der Waals surface area contributed by atoms with Crippen molar-refractivity contribution >= 4 is 11.8 Å². The smallest absolute Gasteiger partial charge is 0.242 e. The Kier molecular flexibility index (Phi) is 7.59. The Labute approximate surface area is 110 Å². The highest BCUT2D eigenvalue weighted by molar-refractivity contribution is 5.89.